The van der Waals surface area contributed by atoms with E-state index >= 15 is 0 Å². The molecule has 1 aromatic heterocycles. The van der Waals surface area contributed by atoms with Crippen molar-refractivity contribution in [3.8, 4) is 11.5 Å². The zero-order valence-electron chi connectivity index (χ0n) is 10.8. The summed E-state index contributed by atoms with van der Waals surface area (Å²) >= 11 is 5.74. The minimum Gasteiger partial charge on any atom is -0.490 e. The molecule has 0 N–H and O–H groups in total. The first kappa shape index (κ1) is 13.7. The highest BCUT2D eigenvalue weighted by atomic mass is 35.5. The van der Waals surface area contributed by atoms with Gasteiger partial charge in [0.2, 0.25) is 0 Å². The molecule has 0 aliphatic carbocycles. The summed E-state index contributed by atoms with van der Waals surface area (Å²) in [6.45, 7) is 3.20. The molecule has 100 valence electrons. The van der Waals surface area contributed by atoms with Crippen molar-refractivity contribution >= 4 is 11.6 Å². The van der Waals surface area contributed by atoms with Crippen LogP contribution < -0.4 is 9.47 Å². The number of aromatic nitrogens is 1. The Bertz CT molecular complexity index is 514. The van der Waals surface area contributed by atoms with E-state index in [0.717, 1.165) is 23.5 Å². The van der Waals surface area contributed by atoms with Crippen molar-refractivity contribution in [1.82, 2.24) is 4.98 Å². The Morgan fingerprint density at radius 1 is 1.05 bits per heavy atom. The van der Waals surface area contributed by atoms with Crippen LogP contribution in [0.3, 0.4) is 0 Å². The van der Waals surface area contributed by atoms with Crippen LogP contribution >= 0.6 is 11.6 Å². The fraction of sp³-hybridized carbons (Fsp3) is 0.267. The first-order valence-electron chi connectivity index (χ1n) is 6.24. The van der Waals surface area contributed by atoms with E-state index in [9.17, 15) is 0 Å². The van der Waals surface area contributed by atoms with Crippen LogP contribution in [0.15, 0.2) is 42.6 Å². The van der Waals surface area contributed by atoms with Crippen molar-refractivity contribution in [2.24, 2.45) is 0 Å². The summed E-state index contributed by atoms with van der Waals surface area (Å²) in [5.41, 5.74) is 0.967. The van der Waals surface area contributed by atoms with Crippen molar-refractivity contribution < 1.29 is 9.47 Å². The fourth-order valence-corrected chi connectivity index (χ4v) is 1.67. The van der Waals surface area contributed by atoms with Crippen LogP contribution in [0.4, 0.5) is 0 Å². The first-order chi connectivity index (χ1) is 9.29. The van der Waals surface area contributed by atoms with Gasteiger partial charge in [-0.15, -0.1) is 0 Å². The molecule has 19 heavy (non-hydrogen) atoms. The molecule has 0 radical (unpaired) electrons. The van der Waals surface area contributed by atoms with Crippen molar-refractivity contribution in [2.75, 3.05) is 6.61 Å². The first-order valence-corrected chi connectivity index (χ1v) is 6.62. The number of benzene rings is 1. The van der Waals surface area contributed by atoms with Crippen LogP contribution in [0.2, 0.25) is 5.15 Å². The van der Waals surface area contributed by atoms with Crippen LogP contribution in [0.25, 0.3) is 0 Å². The van der Waals surface area contributed by atoms with Crippen molar-refractivity contribution in [1.29, 1.82) is 0 Å². The van der Waals surface area contributed by atoms with Gasteiger partial charge in [-0.25, -0.2) is 4.98 Å². The second-order valence-corrected chi connectivity index (χ2v) is 4.46. The molecule has 2 rings (SSSR count). The second-order valence-electron chi connectivity index (χ2n) is 4.07. The van der Waals surface area contributed by atoms with Gasteiger partial charge < -0.3 is 9.47 Å². The van der Waals surface area contributed by atoms with Crippen molar-refractivity contribution in [2.45, 2.75) is 20.0 Å². The van der Waals surface area contributed by atoms with Gasteiger partial charge in [0.1, 0.15) is 11.8 Å². The molecule has 2 aromatic rings. The Hall–Kier alpha value is -1.74. The van der Waals surface area contributed by atoms with Gasteiger partial charge in [-0.2, -0.15) is 0 Å². The van der Waals surface area contributed by atoms with Gasteiger partial charge in [0, 0.05) is 11.8 Å². The Balaban J connectivity index is 2.00. The quantitative estimate of drug-likeness (QED) is 0.745. The Morgan fingerprint density at radius 2 is 1.79 bits per heavy atom. The van der Waals surface area contributed by atoms with Gasteiger partial charge in [0.15, 0.2) is 11.5 Å². The Morgan fingerprint density at radius 3 is 2.42 bits per heavy atom. The molecule has 0 saturated carbocycles. The third-order valence-electron chi connectivity index (χ3n) is 2.49. The summed E-state index contributed by atoms with van der Waals surface area (Å²) in [6.07, 6.45) is 2.67. The molecule has 0 spiro atoms. The number of rotatable bonds is 6. The summed E-state index contributed by atoms with van der Waals surface area (Å²) < 4.78 is 11.4. The summed E-state index contributed by atoms with van der Waals surface area (Å²) in [5, 5.41) is 0.482. The smallest absolute Gasteiger partial charge is 0.161 e. The molecule has 0 saturated heterocycles. The number of ether oxygens (including phenoxy) is 2. The average Bonchev–Trinajstić information content (AvgIpc) is 2.45. The third-order valence-corrected chi connectivity index (χ3v) is 2.72. The highest BCUT2D eigenvalue weighted by Crippen LogP contribution is 2.27. The zero-order chi connectivity index (χ0) is 13.5. The molecule has 0 atom stereocenters. The molecule has 1 heterocycles. The lowest BCUT2D eigenvalue weighted by Crippen LogP contribution is -2.00. The normalized spacial score (nSPS) is 10.2. The summed E-state index contributed by atoms with van der Waals surface area (Å²) in [7, 11) is 0. The number of pyridine rings is 1. The lowest BCUT2D eigenvalue weighted by atomic mass is 10.3. The van der Waals surface area contributed by atoms with Gasteiger partial charge in [-0.05, 0) is 24.6 Å². The zero-order valence-corrected chi connectivity index (χ0v) is 11.6. The number of para-hydroxylation sites is 2. The van der Waals surface area contributed by atoms with E-state index in [0.29, 0.717) is 18.4 Å². The summed E-state index contributed by atoms with van der Waals surface area (Å²) in [6, 6.07) is 11.3. The average molecular weight is 278 g/mol. The summed E-state index contributed by atoms with van der Waals surface area (Å²) in [4.78, 5) is 4.02. The van der Waals surface area contributed by atoms with E-state index in [-0.39, 0.29) is 0 Å². The highest BCUT2D eigenvalue weighted by molar-refractivity contribution is 6.29. The number of hydrogen-bond acceptors (Lipinski definition) is 3. The molecule has 4 heteroatoms. The summed E-state index contributed by atoms with van der Waals surface area (Å²) in [5.74, 6) is 1.51. The molecular weight excluding hydrogens is 262 g/mol. The Labute approximate surface area is 118 Å². The van der Waals surface area contributed by atoms with Gasteiger partial charge in [0.25, 0.3) is 0 Å². The standard InChI is InChI=1S/C15H16ClNO2/c1-2-9-18-13-5-3-4-6-14(13)19-11-12-7-8-15(16)17-10-12/h3-8,10H,2,9,11H2,1H3. The third kappa shape index (κ3) is 4.14. The largest absolute Gasteiger partial charge is 0.490 e. The highest BCUT2D eigenvalue weighted by Gasteiger charge is 2.04. The van der Waals surface area contributed by atoms with Crippen molar-refractivity contribution in [3.63, 3.8) is 0 Å². The maximum Gasteiger partial charge on any atom is 0.161 e. The number of nitrogens with zero attached hydrogens (tertiary/aromatic N) is 1. The molecule has 0 aliphatic rings. The van der Waals surface area contributed by atoms with E-state index in [1.54, 1.807) is 12.3 Å². The molecule has 0 fully saturated rings. The van der Waals surface area contributed by atoms with E-state index in [4.69, 9.17) is 21.1 Å². The predicted molar refractivity (Wildman–Crippen MR) is 75.8 cm³/mol. The minimum absolute atomic E-state index is 0.441. The second kappa shape index (κ2) is 7.00. The lowest BCUT2D eigenvalue weighted by Gasteiger charge is -2.12. The Kier molecular flexibility index (Phi) is 5.04. The number of hydrogen-bond donors (Lipinski definition) is 0. The van der Waals surface area contributed by atoms with Crippen LogP contribution in [0.5, 0.6) is 11.5 Å². The molecule has 0 bridgehead atoms. The SMILES string of the molecule is CCCOc1ccccc1OCc1ccc(Cl)nc1. The molecule has 0 unspecified atom stereocenters. The van der Waals surface area contributed by atoms with E-state index < -0.39 is 0 Å². The van der Waals surface area contributed by atoms with Gasteiger partial charge in [0.05, 0.1) is 6.61 Å². The van der Waals surface area contributed by atoms with E-state index in [2.05, 4.69) is 11.9 Å². The van der Waals surface area contributed by atoms with Crippen LogP contribution in [0.1, 0.15) is 18.9 Å². The van der Waals surface area contributed by atoms with E-state index in [1.807, 2.05) is 30.3 Å². The molecule has 0 amide bonds. The minimum atomic E-state index is 0.441. The van der Waals surface area contributed by atoms with Gasteiger partial charge >= 0.3 is 0 Å². The maximum absolute atomic E-state index is 5.75. The predicted octanol–water partition coefficient (Wildman–Crippen LogP) is 4.10. The topological polar surface area (TPSA) is 31.4 Å². The monoisotopic (exact) mass is 277 g/mol. The van der Waals surface area contributed by atoms with Crippen molar-refractivity contribution in [3.05, 3.63) is 53.3 Å². The molecule has 0 aliphatic heterocycles. The molecule has 1 aromatic carbocycles. The van der Waals surface area contributed by atoms with Crippen LogP contribution in [-0.2, 0) is 6.61 Å². The van der Waals surface area contributed by atoms with Gasteiger partial charge in [-0.3, -0.25) is 0 Å². The molecule has 3 nitrogen and oxygen atoms in total. The van der Waals surface area contributed by atoms with E-state index in [1.165, 1.54) is 0 Å². The fourth-order valence-electron chi connectivity index (χ4n) is 1.55. The van der Waals surface area contributed by atoms with Crippen LogP contribution in [0, 0.1) is 0 Å². The van der Waals surface area contributed by atoms with Gasteiger partial charge in [-0.1, -0.05) is 36.7 Å². The molecular formula is C15H16ClNO2. The maximum atomic E-state index is 5.75. The lowest BCUT2D eigenvalue weighted by molar-refractivity contribution is 0.261. The van der Waals surface area contributed by atoms with Crippen LogP contribution in [-0.4, -0.2) is 11.6 Å². The number of halogens is 1.